The van der Waals surface area contributed by atoms with Gasteiger partial charge in [-0.25, -0.2) is 19.3 Å². The second kappa shape index (κ2) is 6.63. The molecule has 0 aliphatic carbocycles. The Kier molecular flexibility index (Phi) is 3.94. The number of pyridine rings is 1. The van der Waals surface area contributed by atoms with Crippen molar-refractivity contribution in [2.45, 2.75) is 13.0 Å². The van der Waals surface area contributed by atoms with E-state index in [9.17, 15) is 4.39 Å². The molecular weight excluding hydrogens is 367 g/mol. The Labute approximate surface area is 165 Å². The SMILES string of the molecule is CC(c1c(-c2cncc(F)c2)ccc2ccccc12)n1cnc2c(N)ncnc21. The predicted molar refractivity (Wildman–Crippen MR) is 111 cm³/mol. The summed E-state index contributed by atoms with van der Waals surface area (Å²) in [4.78, 5) is 16.8. The Morgan fingerprint density at radius 3 is 2.76 bits per heavy atom. The largest absolute Gasteiger partial charge is 0.382 e. The number of nitrogens with two attached hydrogens (primary N) is 1. The molecule has 0 saturated carbocycles. The van der Waals surface area contributed by atoms with Crippen LogP contribution in [-0.2, 0) is 0 Å². The quantitative estimate of drug-likeness (QED) is 0.499. The first-order valence-corrected chi connectivity index (χ1v) is 9.19. The van der Waals surface area contributed by atoms with Crippen molar-refractivity contribution in [3.8, 4) is 11.1 Å². The molecule has 3 heterocycles. The molecule has 0 saturated heterocycles. The number of halogens is 1. The number of hydrogen-bond acceptors (Lipinski definition) is 5. The molecule has 142 valence electrons. The van der Waals surface area contributed by atoms with Gasteiger partial charge < -0.3 is 10.3 Å². The number of hydrogen-bond donors (Lipinski definition) is 1. The van der Waals surface area contributed by atoms with Gasteiger partial charge >= 0.3 is 0 Å². The lowest BCUT2D eigenvalue weighted by atomic mass is 9.91. The van der Waals surface area contributed by atoms with E-state index in [4.69, 9.17) is 5.73 Å². The zero-order valence-corrected chi connectivity index (χ0v) is 15.6. The second-order valence-electron chi connectivity index (χ2n) is 6.90. The fraction of sp³-hybridized carbons (Fsp3) is 0.0909. The number of nitrogens with zero attached hydrogens (tertiary/aromatic N) is 5. The van der Waals surface area contributed by atoms with Crippen LogP contribution in [0.4, 0.5) is 10.2 Å². The Morgan fingerprint density at radius 1 is 1.03 bits per heavy atom. The van der Waals surface area contributed by atoms with Crippen LogP contribution in [0.25, 0.3) is 33.1 Å². The summed E-state index contributed by atoms with van der Waals surface area (Å²) in [7, 11) is 0. The second-order valence-corrected chi connectivity index (χ2v) is 6.90. The average molecular weight is 384 g/mol. The lowest BCUT2D eigenvalue weighted by molar-refractivity contribution is 0.621. The van der Waals surface area contributed by atoms with Crippen LogP contribution in [0, 0.1) is 5.82 Å². The molecule has 5 rings (SSSR count). The first-order valence-electron chi connectivity index (χ1n) is 9.19. The van der Waals surface area contributed by atoms with Crippen molar-refractivity contribution in [3.63, 3.8) is 0 Å². The van der Waals surface area contributed by atoms with E-state index >= 15 is 0 Å². The van der Waals surface area contributed by atoms with Gasteiger partial charge in [0.2, 0.25) is 0 Å². The summed E-state index contributed by atoms with van der Waals surface area (Å²) in [5.74, 6) is -0.0312. The Morgan fingerprint density at radius 2 is 1.90 bits per heavy atom. The lowest BCUT2D eigenvalue weighted by Crippen LogP contribution is -2.09. The summed E-state index contributed by atoms with van der Waals surface area (Å²) in [6.07, 6.45) is 6.03. The molecule has 1 unspecified atom stereocenters. The summed E-state index contributed by atoms with van der Waals surface area (Å²) in [5, 5.41) is 2.17. The minimum absolute atomic E-state index is 0.140. The molecule has 2 N–H and O–H groups in total. The van der Waals surface area contributed by atoms with Crippen molar-refractivity contribution in [1.29, 1.82) is 0 Å². The Bertz CT molecular complexity index is 1360. The molecule has 6 nitrogen and oxygen atoms in total. The molecule has 0 fully saturated rings. The molecule has 7 heteroatoms. The maximum Gasteiger partial charge on any atom is 0.165 e. The summed E-state index contributed by atoms with van der Waals surface area (Å²) >= 11 is 0. The molecule has 0 aliphatic heterocycles. The van der Waals surface area contributed by atoms with Gasteiger partial charge in [-0.3, -0.25) is 4.98 Å². The van der Waals surface area contributed by atoms with E-state index in [1.54, 1.807) is 12.5 Å². The van der Waals surface area contributed by atoms with Gasteiger partial charge in [0.25, 0.3) is 0 Å². The molecule has 1 atom stereocenters. The van der Waals surface area contributed by atoms with Crippen molar-refractivity contribution in [3.05, 3.63) is 78.9 Å². The molecule has 0 radical (unpaired) electrons. The van der Waals surface area contributed by atoms with Crippen LogP contribution < -0.4 is 5.73 Å². The predicted octanol–water partition coefficient (Wildman–Crippen LogP) is 4.37. The zero-order valence-electron chi connectivity index (χ0n) is 15.6. The molecule has 5 aromatic rings. The third-order valence-electron chi connectivity index (χ3n) is 5.21. The zero-order chi connectivity index (χ0) is 20.0. The van der Waals surface area contributed by atoms with Crippen molar-refractivity contribution < 1.29 is 4.39 Å². The molecule has 0 amide bonds. The van der Waals surface area contributed by atoms with Crippen molar-refractivity contribution in [2.24, 2.45) is 0 Å². The van der Waals surface area contributed by atoms with Gasteiger partial charge in [0.05, 0.1) is 18.6 Å². The summed E-state index contributed by atoms with van der Waals surface area (Å²) < 4.78 is 15.9. The number of rotatable bonds is 3. The first-order chi connectivity index (χ1) is 14.1. The number of benzene rings is 2. The number of nitrogen functional groups attached to an aromatic ring is 1. The minimum atomic E-state index is -0.372. The standard InChI is InChI=1S/C22H17FN6/c1-13(29-12-28-20-21(24)26-11-27-22(20)29)19-17-5-3-2-4-14(17)6-7-18(19)15-8-16(23)10-25-9-15/h2-13H,1H3,(H2,24,26,27). The molecule has 29 heavy (non-hydrogen) atoms. The summed E-state index contributed by atoms with van der Waals surface area (Å²) in [5.41, 5.74) is 9.84. The molecule has 0 aliphatic rings. The molecule has 0 bridgehead atoms. The fourth-order valence-corrected chi connectivity index (χ4v) is 3.85. The lowest BCUT2D eigenvalue weighted by Gasteiger charge is -2.21. The van der Waals surface area contributed by atoms with E-state index < -0.39 is 0 Å². The highest BCUT2D eigenvalue weighted by Crippen LogP contribution is 2.37. The number of aromatic nitrogens is 5. The van der Waals surface area contributed by atoms with Crippen LogP contribution in [0.3, 0.4) is 0 Å². The van der Waals surface area contributed by atoms with Gasteiger partial charge in [0.1, 0.15) is 17.7 Å². The monoisotopic (exact) mass is 384 g/mol. The third-order valence-corrected chi connectivity index (χ3v) is 5.21. The highest BCUT2D eigenvalue weighted by Gasteiger charge is 2.20. The van der Waals surface area contributed by atoms with Gasteiger partial charge in [-0.2, -0.15) is 0 Å². The Hall–Kier alpha value is -3.87. The van der Waals surface area contributed by atoms with Crippen LogP contribution >= 0.6 is 0 Å². The number of imidazole rings is 1. The summed E-state index contributed by atoms with van der Waals surface area (Å²) in [6, 6.07) is 13.5. The minimum Gasteiger partial charge on any atom is -0.382 e. The third kappa shape index (κ3) is 2.79. The van der Waals surface area contributed by atoms with E-state index in [1.165, 1.54) is 18.6 Å². The van der Waals surface area contributed by atoms with Crippen molar-refractivity contribution >= 4 is 27.8 Å². The van der Waals surface area contributed by atoms with Gasteiger partial charge in [-0.1, -0.05) is 36.4 Å². The average Bonchev–Trinajstić information content (AvgIpc) is 3.18. The fourth-order valence-electron chi connectivity index (χ4n) is 3.85. The molecular formula is C22H17FN6. The van der Waals surface area contributed by atoms with E-state index in [0.29, 0.717) is 17.0 Å². The summed E-state index contributed by atoms with van der Waals surface area (Å²) in [6.45, 7) is 2.07. The van der Waals surface area contributed by atoms with Crippen LogP contribution in [0.1, 0.15) is 18.5 Å². The van der Waals surface area contributed by atoms with Gasteiger partial charge in [0, 0.05) is 11.8 Å². The maximum atomic E-state index is 13.9. The van der Waals surface area contributed by atoms with Gasteiger partial charge in [-0.05, 0) is 34.9 Å². The van der Waals surface area contributed by atoms with Crippen LogP contribution in [-0.4, -0.2) is 24.5 Å². The van der Waals surface area contributed by atoms with Crippen molar-refractivity contribution in [1.82, 2.24) is 24.5 Å². The number of anilines is 1. The van der Waals surface area contributed by atoms with Crippen LogP contribution in [0.5, 0.6) is 0 Å². The van der Waals surface area contributed by atoms with Crippen LogP contribution in [0.2, 0.25) is 0 Å². The maximum absolute atomic E-state index is 13.9. The Balaban J connectivity index is 1.80. The van der Waals surface area contributed by atoms with E-state index in [0.717, 1.165) is 27.5 Å². The molecule has 3 aromatic heterocycles. The highest BCUT2D eigenvalue weighted by atomic mass is 19.1. The smallest absolute Gasteiger partial charge is 0.165 e. The molecule has 0 spiro atoms. The topological polar surface area (TPSA) is 82.5 Å². The number of fused-ring (bicyclic) bond motifs is 2. The van der Waals surface area contributed by atoms with E-state index in [1.807, 2.05) is 28.8 Å². The van der Waals surface area contributed by atoms with E-state index in [-0.39, 0.29) is 11.9 Å². The van der Waals surface area contributed by atoms with Crippen molar-refractivity contribution in [2.75, 3.05) is 5.73 Å². The first kappa shape index (κ1) is 17.2. The van der Waals surface area contributed by atoms with Gasteiger partial charge in [0.15, 0.2) is 11.5 Å². The normalized spacial score (nSPS) is 12.5. The molecule has 2 aromatic carbocycles. The van der Waals surface area contributed by atoms with Crippen LogP contribution in [0.15, 0.2) is 67.5 Å². The highest BCUT2D eigenvalue weighted by molar-refractivity contribution is 5.92. The van der Waals surface area contributed by atoms with Gasteiger partial charge in [-0.15, -0.1) is 0 Å². The van der Waals surface area contributed by atoms with E-state index in [2.05, 4.69) is 39.0 Å².